The van der Waals surface area contributed by atoms with Crippen molar-refractivity contribution in [3.05, 3.63) is 17.5 Å². The largest absolute Gasteiger partial charge is 0.466 e. The van der Waals surface area contributed by atoms with E-state index in [0.717, 1.165) is 31.7 Å². The van der Waals surface area contributed by atoms with Crippen molar-refractivity contribution < 1.29 is 9.53 Å². The molecule has 0 aliphatic carbocycles. The van der Waals surface area contributed by atoms with Crippen LogP contribution >= 0.6 is 11.6 Å². The Bertz CT molecular complexity index is 420. The number of hydrogen-bond acceptors (Lipinski definition) is 5. The van der Waals surface area contributed by atoms with E-state index in [0.29, 0.717) is 11.6 Å². The van der Waals surface area contributed by atoms with Crippen LogP contribution in [0.15, 0.2) is 12.5 Å². The normalized spacial score (nSPS) is 16.7. The van der Waals surface area contributed by atoms with E-state index < -0.39 is 0 Å². The third-order valence-electron chi connectivity index (χ3n) is 3.06. The Morgan fingerprint density at radius 1 is 1.56 bits per heavy atom. The number of anilines is 1. The summed E-state index contributed by atoms with van der Waals surface area (Å²) in [7, 11) is 0. The second-order valence-electron chi connectivity index (χ2n) is 4.21. The van der Waals surface area contributed by atoms with Gasteiger partial charge in [0.25, 0.3) is 0 Å². The molecule has 1 fully saturated rings. The van der Waals surface area contributed by atoms with E-state index in [9.17, 15) is 4.79 Å². The quantitative estimate of drug-likeness (QED) is 0.785. The molecule has 0 saturated carbocycles. The minimum Gasteiger partial charge on any atom is -0.466 e. The summed E-state index contributed by atoms with van der Waals surface area (Å²) in [5, 5.41) is 0.548. The molecule has 1 aliphatic heterocycles. The molecule has 1 aromatic heterocycles. The van der Waals surface area contributed by atoms with Crippen LogP contribution in [0.4, 0.5) is 5.82 Å². The highest BCUT2D eigenvalue weighted by Crippen LogP contribution is 2.27. The highest BCUT2D eigenvalue weighted by molar-refractivity contribution is 6.32. The maximum atomic E-state index is 11.6. The lowest BCUT2D eigenvalue weighted by atomic mass is 9.97. The van der Waals surface area contributed by atoms with Crippen molar-refractivity contribution in [2.45, 2.75) is 19.8 Å². The Hall–Kier alpha value is -1.36. The van der Waals surface area contributed by atoms with E-state index in [1.54, 1.807) is 6.20 Å². The van der Waals surface area contributed by atoms with Gasteiger partial charge in [0.15, 0.2) is 5.82 Å². The van der Waals surface area contributed by atoms with E-state index >= 15 is 0 Å². The number of esters is 1. The van der Waals surface area contributed by atoms with E-state index in [1.807, 2.05) is 6.92 Å². The third-order valence-corrected chi connectivity index (χ3v) is 3.33. The maximum absolute atomic E-state index is 11.6. The summed E-state index contributed by atoms with van der Waals surface area (Å²) in [6.07, 6.45) is 4.62. The second kappa shape index (κ2) is 6.00. The lowest BCUT2D eigenvalue weighted by Gasteiger charge is -2.31. The summed E-state index contributed by atoms with van der Waals surface area (Å²) in [5.41, 5.74) is 0. The van der Waals surface area contributed by atoms with Crippen molar-refractivity contribution in [2.24, 2.45) is 5.92 Å². The van der Waals surface area contributed by atoms with Crippen molar-refractivity contribution in [3.63, 3.8) is 0 Å². The number of carbonyl (C=O) groups excluding carboxylic acids is 1. The van der Waals surface area contributed by atoms with Gasteiger partial charge in [-0.15, -0.1) is 0 Å². The summed E-state index contributed by atoms with van der Waals surface area (Å²) in [6.45, 7) is 3.80. The van der Waals surface area contributed by atoms with E-state index in [4.69, 9.17) is 16.3 Å². The number of piperidine rings is 1. The first-order valence-electron chi connectivity index (χ1n) is 6.09. The van der Waals surface area contributed by atoms with Crippen molar-refractivity contribution in [2.75, 3.05) is 24.6 Å². The van der Waals surface area contributed by atoms with Gasteiger partial charge in [0.05, 0.1) is 18.7 Å². The summed E-state index contributed by atoms with van der Waals surface area (Å²) in [6, 6.07) is 0. The van der Waals surface area contributed by atoms with Crippen molar-refractivity contribution >= 4 is 23.4 Å². The van der Waals surface area contributed by atoms with Gasteiger partial charge in [-0.1, -0.05) is 11.6 Å². The van der Waals surface area contributed by atoms with E-state index in [-0.39, 0.29) is 11.9 Å². The number of hydrogen-bond donors (Lipinski definition) is 0. The fraction of sp³-hybridized carbons (Fsp3) is 0.583. The molecular weight excluding hydrogens is 254 g/mol. The van der Waals surface area contributed by atoms with Gasteiger partial charge >= 0.3 is 5.97 Å². The molecule has 0 radical (unpaired) electrons. The molecule has 18 heavy (non-hydrogen) atoms. The molecule has 0 bridgehead atoms. The average Bonchev–Trinajstić information content (AvgIpc) is 2.40. The van der Waals surface area contributed by atoms with Gasteiger partial charge in [-0.25, -0.2) is 9.97 Å². The summed E-state index contributed by atoms with van der Waals surface area (Å²) >= 11 is 6.05. The zero-order valence-corrected chi connectivity index (χ0v) is 11.1. The molecule has 0 amide bonds. The Balaban J connectivity index is 1.95. The molecule has 98 valence electrons. The standard InChI is InChI=1S/C12H16ClN3O2/c1-2-18-12(17)9-3-5-16(6-4-9)11-10(13)7-14-8-15-11/h7-9H,2-6H2,1H3. The van der Waals surface area contributed by atoms with Gasteiger partial charge in [0, 0.05) is 13.1 Å². The number of rotatable bonds is 3. The van der Waals surface area contributed by atoms with Crippen LogP contribution < -0.4 is 4.90 Å². The zero-order chi connectivity index (χ0) is 13.0. The topological polar surface area (TPSA) is 55.3 Å². The molecule has 5 nitrogen and oxygen atoms in total. The molecule has 2 heterocycles. The van der Waals surface area contributed by atoms with E-state index in [1.165, 1.54) is 6.33 Å². The molecule has 1 aliphatic rings. The molecule has 0 aromatic carbocycles. The van der Waals surface area contributed by atoms with Crippen LogP contribution in [-0.4, -0.2) is 35.6 Å². The molecule has 0 spiro atoms. The third kappa shape index (κ3) is 2.90. The van der Waals surface area contributed by atoms with Gasteiger partial charge in [0.2, 0.25) is 0 Å². The Morgan fingerprint density at radius 2 is 2.28 bits per heavy atom. The first-order valence-corrected chi connectivity index (χ1v) is 6.47. The fourth-order valence-electron chi connectivity index (χ4n) is 2.13. The summed E-state index contributed by atoms with van der Waals surface area (Å²) in [5.74, 6) is 0.654. The molecular formula is C12H16ClN3O2. The molecule has 0 N–H and O–H groups in total. The van der Waals surface area contributed by atoms with Crippen molar-refractivity contribution in [3.8, 4) is 0 Å². The summed E-state index contributed by atoms with van der Waals surface area (Å²) in [4.78, 5) is 21.7. The predicted molar refractivity (Wildman–Crippen MR) is 68.6 cm³/mol. The molecule has 1 saturated heterocycles. The Morgan fingerprint density at radius 3 is 2.89 bits per heavy atom. The zero-order valence-electron chi connectivity index (χ0n) is 10.3. The van der Waals surface area contributed by atoms with Gasteiger partial charge in [-0.3, -0.25) is 4.79 Å². The first-order chi connectivity index (χ1) is 8.72. The minimum absolute atomic E-state index is 0.00168. The van der Waals surface area contributed by atoms with Crippen LogP contribution in [0.2, 0.25) is 5.02 Å². The molecule has 2 rings (SSSR count). The Kier molecular flexibility index (Phi) is 4.36. The van der Waals surface area contributed by atoms with Crippen molar-refractivity contribution in [1.82, 2.24) is 9.97 Å². The first kappa shape index (κ1) is 13.1. The van der Waals surface area contributed by atoms with Crippen LogP contribution in [0.3, 0.4) is 0 Å². The number of ether oxygens (including phenoxy) is 1. The predicted octanol–water partition coefficient (Wildman–Crippen LogP) is 1.91. The number of carbonyl (C=O) groups is 1. The van der Waals surface area contributed by atoms with Crippen LogP contribution in [0.25, 0.3) is 0 Å². The summed E-state index contributed by atoms with van der Waals surface area (Å²) < 4.78 is 5.04. The lowest BCUT2D eigenvalue weighted by molar-refractivity contribution is -0.148. The number of nitrogens with zero attached hydrogens (tertiary/aromatic N) is 3. The molecule has 1 aromatic rings. The number of halogens is 1. The van der Waals surface area contributed by atoms with Gasteiger partial charge < -0.3 is 9.64 Å². The van der Waals surface area contributed by atoms with Crippen LogP contribution in [0.1, 0.15) is 19.8 Å². The van der Waals surface area contributed by atoms with Crippen LogP contribution in [0, 0.1) is 5.92 Å². The molecule has 0 unspecified atom stereocenters. The van der Waals surface area contributed by atoms with Crippen LogP contribution in [-0.2, 0) is 9.53 Å². The van der Waals surface area contributed by atoms with Gasteiger partial charge in [-0.2, -0.15) is 0 Å². The fourth-order valence-corrected chi connectivity index (χ4v) is 2.35. The van der Waals surface area contributed by atoms with Gasteiger partial charge in [-0.05, 0) is 19.8 Å². The second-order valence-corrected chi connectivity index (χ2v) is 4.61. The maximum Gasteiger partial charge on any atom is 0.309 e. The van der Waals surface area contributed by atoms with E-state index in [2.05, 4.69) is 14.9 Å². The van der Waals surface area contributed by atoms with Crippen LogP contribution in [0.5, 0.6) is 0 Å². The highest BCUT2D eigenvalue weighted by atomic mass is 35.5. The highest BCUT2D eigenvalue weighted by Gasteiger charge is 2.27. The molecule has 0 atom stereocenters. The van der Waals surface area contributed by atoms with Gasteiger partial charge in [0.1, 0.15) is 11.3 Å². The average molecular weight is 270 g/mol. The minimum atomic E-state index is -0.0917. The smallest absolute Gasteiger partial charge is 0.309 e. The molecule has 6 heteroatoms. The SMILES string of the molecule is CCOC(=O)C1CCN(c2ncncc2Cl)CC1. The Labute approximate surface area is 111 Å². The van der Waals surface area contributed by atoms with Crippen molar-refractivity contribution in [1.29, 1.82) is 0 Å². The lowest BCUT2D eigenvalue weighted by Crippen LogP contribution is -2.37. The monoisotopic (exact) mass is 269 g/mol. The number of aromatic nitrogens is 2.